The highest BCUT2D eigenvalue weighted by Gasteiger charge is 2.51. The van der Waals surface area contributed by atoms with Gasteiger partial charge >= 0.3 is 28.8 Å². The number of ether oxygens (including phenoxy) is 1. The SMILES string of the molecule is CCCP1(=O)OP(=O)(CCC)OP(=O)(CCC)O1.CCOC(C)=O. The first kappa shape index (κ1) is 24.0. The Kier molecular flexibility index (Phi) is 10.9. The molecule has 24 heavy (non-hydrogen) atoms. The van der Waals surface area contributed by atoms with E-state index in [9.17, 15) is 18.5 Å². The van der Waals surface area contributed by atoms with Crippen LogP contribution in [0.5, 0.6) is 0 Å². The molecule has 0 spiro atoms. The van der Waals surface area contributed by atoms with Crippen molar-refractivity contribution in [3.05, 3.63) is 0 Å². The van der Waals surface area contributed by atoms with Gasteiger partial charge < -0.3 is 4.74 Å². The topological polar surface area (TPSA) is 105 Å². The first-order valence-electron chi connectivity index (χ1n) is 8.12. The largest absolute Gasteiger partial charge is 0.466 e. The van der Waals surface area contributed by atoms with Crippen molar-refractivity contribution in [3.63, 3.8) is 0 Å². The molecule has 0 bridgehead atoms. The summed E-state index contributed by atoms with van der Waals surface area (Å²) in [6.07, 6.45) is 1.94. The van der Waals surface area contributed by atoms with Crippen molar-refractivity contribution in [2.24, 2.45) is 0 Å². The molecule has 0 N–H and O–H groups in total. The zero-order valence-electron chi connectivity index (χ0n) is 15.1. The molecule has 0 aromatic heterocycles. The molecule has 0 unspecified atom stereocenters. The van der Waals surface area contributed by atoms with Crippen molar-refractivity contribution < 1.29 is 36.2 Å². The lowest BCUT2D eigenvalue weighted by Gasteiger charge is -2.33. The van der Waals surface area contributed by atoms with Crippen LogP contribution in [0.25, 0.3) is 0 Å². The van der Waals surface area contributed by atoms with Gasteiger partial charge in [-0.3, -0.25) is 18.5 Å². The van der Waals surface area contributed by atoms with Crippen LogP contribution in [0, 0.1) is 0 Å². The predicted octanol–water partition coefficient (Wildman–Crippen LogP) is 5.43. The van der Waals surface area contributed by atoms with Gasteiger partial charge in [0, 0.05) is 6.92 Å². The highest BCUT2D eigenvalue weighted by molar-refractivity contribution is 7.80. The summed E-state index contributed by atoms with van der Waals surface area (Å²) in [4.78, 5) is 9.82. The van der Waals surface area contributed by atoms with Crippen LogP contribution < -0.4 is 0 Å². The zero-order chi connectivity index (χ0) is 18.9. The van der Waals surface area contributed by atoms with E-state index in [1.807, 2.05) is 0 Å². The fraction of sp³-hybridized carbons (Fsp3) is 0.923. The molecule has 1 aliphatic heterocycles. The minimum atomic E-state index is -3.57. The smallest absolute Gasteiger partial charge is 0.345 e. The molecule has 0 atom stereocenters. The van der Waals surface area contributed by atoms with Gasteiger partial charge in [-0.1, -0.05) is 20.8 Å². The average Bonchev–Trinajstić information content (AvgIpc) is 2.36. The van der Waals surface area contributed by atoms with Crippen LogP contribution in [0.4, 0.5) is 0 Å². The molecular weight excluding hydrogens is 377 g/mol. The molecule has 1 aliphatic rings. The molecule has 0 amide bonds. The predicted molar refractivity (Wildman–Crippen MR) is 93.9 cm³/mol. The molecule has 0 radical (unpaired) electrons. The number of rotatable bonds is 7. The maximum absolute atomic E-state index is 12.3. The van der Waals surface area contributed by atoms with Crippen molar-refractivity contribution in [2.45, 2.75) is 53.9 Å². The van der Waals surface area contributed by atoms with Crippen LogP contribution in [0.3, 0.4) is 0 Å². The number of carbonyl (C=O) groups is 1. The Morgan fingerprint density at radius 2 is 1.04 bits per heavy atom. The maximum Gasteiger partial charge on any atom is 0.345 e. The summed E-state index contributed by atoms with van der Waals surface area (Å²) in [6.45, 7) is 9.06. The van der Waals surface area contributed by atoms with Crippen molar-refractivity contribution in [1.82, 2.24) is 0 Å². The normalized spacial score (nSPS) is 32.5. The van der Waals surface area contributed by atoms with Crippen molar-refractivity contribution in [2.75, 3.05) is 25.1 Å². The monoisotopic (exact) mass is 406 g/mol. The van der Waals surface area contributed by atoms with Gasteiger partial charge in [0.05, 0.1) is 25.1 Å². The highest BCUT2D eigenvalue weighted by Crippen LogP contribution is 2.82. The third kappa shape index (κ3) is 8.94. The van der Waals surface area contributed by atoms with Crippen LogP contribution in [0.2, 0.25) is 0 Å². The minimum absolute atomic E-state index is 0.109. The number of hydrogen-bond acceptors (Lipinski definition) is 8. The Bertz CT molecular complexity index is 453. The molecule has 0 aromatic carbocycles. The van der Waals surface area contributed by atoms with Gasteiger partial charge in [-0.25, -0.2) is 12.9 Å². The van der Waals surface area contributed by atoms with E-state index in [4.69, 9.17) is 12.9 Å². The Morgan fingerprint density at radius 1 is 0.750 bits per heavy atom. The summed E-state index contributed by atoms with van der Waals surface area (Å²) in [6, 6.07) is 0. The van der Waals surface area contributed by atoms with Gasteiger partial charge in [0.1, 0.15) is 0 Å². The lowest BCUT2D eigenvalue weighted by Crippen LogP contribution is -2.10. The van der Waals surface area contributed by atoms with E-state index in [0.29, 0.717) is 25.9 Å². The van der Waals surface area contributed by atoms with Gasteiger partial charge in [0.15, 0.2) is 0 Å². The Hall–Kier alpha value is 0.0400. The molecule has 0 aromatic rings. The zero-order valence-corrected chi connectivity index (χ0v) is 17.7. The van der Waals surface area contributed by atoms with E-state index in [2.05, 4.69) is 4.74 Å². The summed E-state index contributed by atoms with van der Waals surface area (Å²) in [5, 5.41) is 0. The van der Waals surface area contributed by atoms with Crippen molar-refractivity contribution >= 4 is 28.8 Å². The van der Waals surface area contributed by atoms with Crippen LogP contribution in [0.1, 0.15) is 53.9 Å². The Labute approximate surface area is 144 Å². The molecule has 1 fully saturated rings. The van der Waals surface area contributed by atoms with Crippen LogP contribution in [-0.4, -0.2) is 31.1 Å². The lowest BCUT2D eigenvalue weighted by molar-refractivity contribution is -0.140. The molecule has 1 heterocycles. The first-order valence-corrected chi connectivity index (χ1v) is 13.3. The lowest BCUT2D eigenvalue weighted by atomic mass is 10.6. The number of esters is 1. The van der Waals surface area contributed by atoms with Crippen LogP contribution in [-0.2, 0) is 36.2 Å². The van der Waals surface area contributed by atoms with E-state index in [0.717, 1.165) is 0 Å². The highest BCUT2D eigenvalue weighted by atomic mass is 31.3. The molecule has 1 rings (SSSR count). The number of carbonyl (C=O) groups excluding carboxylic acids is 1. The van der Waals surface area contributed by atoms with E-state index >= 15 is 0 Å². The molecule has 0 aliphatic carbocycles. The molecule has 8 nitrogen and oxygen atoms in total. The molecular formula is C13H29O8P3. The van der Waals surface area contributed by atoms with E-state index in [-0.39, 0.29) is 24.5 Å². The van der Waals surface area contributed by atoms with Crippen LogP contribution in [0.15, 0.2) is 0 Å². The fourth-order valence-electron chi connectivity index (χ4n) is 1.88. The molecule has 11 heteroatoms. The summed E-state index contributed by atoms with van der Waals surface area (Å²) in [7, 11) is -10.7. The quantitative estimate of drug-likeness (QED) is 0.407. The Balaban J connectivity index is 0.000000754. The van der Waals surface area contributed by atoms with Gasteiger partial charge in [-0.05, 0) is 26.2 Å². The van der Waals surface area contributed by atoms with Crippen LogP contribution >= 0.6 is 22.8 Å². The van der Waals surface area contributed by atoms with E-state index in [1.165, 1.54) is 6.92 Å². The van der Waals surface area contributed by atoms with E-state index in [1.54, 1.807) is 27.7 Å². The van der Waals surface area contributed by atoms with Crippen molar-refractivity contribution in [1.29, 1.82) is 0 Å². The second-order valence-corrected chi connectivity index (χ2v) is 12.1. The average molecular weight is 406 g/mol. The van der Waals surface area contributed by atoms with Gasteiger partial charge in [-0.15, -0.1) is 0 Å². The summed E-state index contributed by atoms with van der Waals surface area (Å²) >= 11 is 0. The standard InChI is InChI=1S/C9H21O6P3.C4H8O2/c1-4-7-16(10)13-17(11,8-5-2)15-18(12,14-16)9-6-3;1-3-6-4(2)5/h4-9H2,1-3H3;3H2,1-2H3. The first-order chi connectivity index (χ1) is 11.1. The van der Waals surface area contributed by atoms with Gasteiger partial charge in [-0.2, -0.15) is 0 Å². The molecule has 144 valence electrons. The second-order valence-electron chi connectivity index (χ2n) is 5.17. The third-order valence-electron chi connectivity index (χ3n) is 2.59. The van der Waals surface area contributed by atoms with Crippen molar-refractivity contribution in [3.8, 4) is 0 Å². The minimum Gasteiger partial charge on any atom is -0.466 e. The maximum atomic E-state index is 12.3. The van der Waals surface area contributed by atoms with E-state index < -0.39 is 22.8 Å². The summed E-state index contributed by atoms with van der Waals surface area (Å²) in [5.41, 5.74) is 0. The summed E-state index contributed by atoms with van der Waals surface area (Å²) in [5.74, 6) is -0.211. The van der Waals surface area contributed by atoms with Gasteiger partial charge in [0.2, 0.25) is 0 Å². The third-order valence-corrected chi connectivity index (χ3v) is 11.5. The Morgan fingerprint density at radius 3 is 1.17 bits per heavy atom. The molecule has 0 saturated carbocycles. The molecule has 1 saturated heterocycles. The summed E-state index contributed by atoms with van der Waals surface area (Å²) < 4.78 is 56.7. The number of hydrogen-bond donors (Lipinski definition) is 0. The van der Waals surface area contributed by atoms with Gasteiger partial charge in [0.25, 0.3) is 0 Å². The second kappa shape index (κ2) is 10.9. The fourth-order valence-corrected chi connectivity index (χ4v) is 11.2.